The van der Waals surface area contributed by atoms with Gasteiger partial charge in [0.05, 0.1) is 17.1 Å². The Morgan fingerprint density at radius 3 is 2.32 bits per heavy atom. The first-order chi connectivity index (χ1) is 11.9. The number of hydrogen-bond donors (Lipinski definition) is 1. The first-order valence-corrected chi connectivity index (χ1v) is 8.04. The Morgan fingerprint density at radius 2 is 1.72 bits per heavy atom. The standard InChI is InChI=1S/C18H17ClF2N2O2/c1-2-23(18(25)15-8-7-14(21)9-16(15)19)11-17(24)22-10-12-3-5-13(20)6-4-12/h3-9H,2,10-11H2,1H3,(H,22,24). The van der Waals surface area contributed by atoms with Crippen LogP contribution >= 0.6 is 11.6 Å². The fourth-order valence-corrected chi connectivity index (χ4v) is 2.44. The van der Waals surface area contributed by atoms with Crippen molar-refractivity contribution in [1.29, 1.82) is 0 Å². The molecule has 0 bridgehead atoms. The van der Waals surface area contributed by atoms with Crippen molar-refractivity contribution in [1.82, 2.24) is 10.2 Å². The van der Waals surface area contributed by atoms with Crippen molar-refractivity contribution in [3.8, 4) is 0 Å². The lowest BCUT2D eigenvalue weighted by Crippen LogP contribution is -2.40. The van der Waals surface area contributed by atoms with Crippen LogP contribution in [0.5, 0.6) is 0 Å². The van der Waals surface area contributed by atoms with Crippen LogP contribution < -0.4 is 5.32 Å². The highest BCUT2D eigenvalue weighted by molar-refractivity contribution is 6.33. The third-order valence-electron chi connectivity index (χ3n) is 3.57. The van der Waals surface area contributed by atoms with Gasteiger partial charge in [-0.25, -0.2) is 8.78 Å². The number of amides is 2. The zero-order chi connectivity index (χ0) is 18.4. The summed E-state index contributed by atoms with van der Waals surface area (Å²) in [6.07, 6.45) is 0. The predicted octanol–water partition coefficient (Wildman–Crippen LogP) is 3.40. The average Bonchev–Trinajstić information content (AvgIpc) is 2.58. The van der Waals surface area contributed by atoms with E-state index in [2.05, 4.69) is 5.32 Å². The Morgan fingerprint density at radius 1 is 1.08 bits per heavy atom. The second kappa shape index (κ2) is 8.58. The Balaban J connectivity index is 1.96. The molecule has 0 unspecified atom stereocenters. The first-order valence-electron chi connectivity index (χ1n) is 7.66. The maximum absolute atomic E-state index is 13.1. The maximum atomic E-state index is 13.1. The van der Waals surface area contributed by atoms with Gasteiger partial charge in [-0.05, 0) is 42.8 Å². The molecule has 132 valence electrons. The lowest BCUT2D eigenvalue weighted by atomic mass is 10.2. The number of halogens is 3. The molecule has 0 saturated carbocycles. The highest BCUT2D eigenvalue weighted by atomic mass is 35.5. The van der Waals surface area contributed by atoms with Crippen molar-refractivity contribution in [2.45, 2.75) is 13.5 Å². The van der Waals surface area contributed by atoms with E-state index in [1.54, 1.807) is 19.1 Å². The van der Waals surface area contributed by atoms with Crippen molar-refractivity contribution in [3.05, 3.63) is 70.2 Å². The topological polar surface area (TPSA) is 49.4 Å². The van der Waals surface area contributed by atoms with Gasteiger partial charge in [-0.2, -0.15) is 0 Å². The molecule has 25 heavy (non-hydrogen) atoms. The van der Waals surface area contributed by atoms with Crippen LogP contribution in [0.15, 0.2) is 42.5 Å². The smallest absolute Gasteiger partial charge is 0.255 e. The fraction of sp³-hybridized carbons (Fsp3) is 0.222. The van der Waals surface area contributed by atoms with Crippen LogP contribution in [0.4, 0.5) is 8.78 Å². The van der Waals surface area contributed by atoms with Gasteiger partial charge in [0, 0.05) is 13.1 Å². The molecular weight excluding hydrogens is 350 g/mol. The van der Waals surface area contributed by atoms with E-state index >= 15 is 0 Å². The lowest BCUT2D eigenvalue weighted by Gasteiger charge is -2.21. The van der Waals surface area contributed by atoms with Crippen molar-refractivity contribution in [3.63, 3.8) is 0 Å². The van der Waals surface area contributed by atoms with E-state index in [1.807, 2.05) is 0 Å². The van der Waals surface area contributed by atoms with Gasteiger partial charge in [0.15, 0.2) is 0 Å². The number of likely N-dealkylation sites (N-methyl/N-ethyl adjacent to an activating group) is 1. The molecule has 0 aliphatic rings. The predicted molar refractivity (Wildman–Crippen MR) is 91.2 cm³/mol. The molecule has 0 heterocycles. The molecule has 1 N–H and O–H groups in total. The zero-order valence-corrected chi connectivity index (χ0v) is 14.3. The molecule has 0 saturated heterocycles. The molecule has 0 aromatic heterocycles. The van der Waals surface area contributed by atoms with E-state index in [0.29, 0.717) is 0 Å². The minimum Gasteiger partial charge on any atom is -0.350 e. The van der Waals surface area contributed by atoms with Crippen LogP contribution in [0.2, 0.25) is 5.02 Å². The number of nitrogens with one attached hydrogen (secondary N) is 1. The minimum absolute atomic E-state index is 0.00447. The summed E-state index contributed by atoms with van der Waals surface area (Å²) in [5.41, 5.74) is 0.877. The summed E-state index contributed by atoms with van der Waals surface area (Å²) < 4.78 is 25.9. The largest absolute Gasteiger partial charge is 0.350 e. The summed E-state index contributed by atoms with van der Waals surface area (Å²) >= 11 is 5.90. The van der Waals surface area contributed by atoms with Crippen LogP contribution in [0.25, 0.3) is 0 Å². The minimum atomic E-state index is -0.540. The molecule has 0 atom stereocenters. The Labute approximate surface area is 149 Å². The van der Waals surface area contributed by atoms with Gasteiger partial charge >= 0.3 is 0 Å². The van der Waals surface area contributed by atoms with E-state index in [1.165, 1.54) is 23.1 Å². The number of hydrogen-bond acceptors (Lipinski definition) is 2. The normalized spacial score (nSPS) is 10.4. The van der Waals surface area contributed by atoms with Crippen LogP contribution in [0.3, 0.4) is 0 Å². The maximum Gasteiger partial charge on any atom is 0.255 e. The molecule has 2 rings (SSSR count). The molecular formula is C18H17ClF2N2O2. The van der Waals surface area contributed by atoms with Gasteiger partial charge in [0.1, 0.15) is 11.6 Å². The third kappa shape index (κ3) is 5.26. The Bertz CT molecular complexity index is 766. The number of rotatable bonds is 6. The fourth-order valence-electron chi connectivity index (χ4n) is 2.19. The molecule has 2 aromatic carbocycles. The van der Waals surface area contributed by atoms with Crippen molar-refractivity contribution in [2.24, 2.45) is 0 Å². The molecule has 2 aromatic rings. The quantitative estimate of drug-likeness (QED) is 0.851. The molecule has 0 aliphatic heterocycles. The number of nitrogens with zero attached hydrogens (tertiary/aromatic N) is 1. The number of benzene rings is 2. The van der Waals surface area contributed by atoms with Crippen LogP contribution in [0.1, 0.15) is 22.8 Å². The van der Waals surface area contributed by atoms with Gasteiger partial charge in [-0.15, -0.1) is 0 Å². The van der Waals surface area contributed by atoms with E-state index in [4.69, 9.17) is 11.6 Å². The van der Waals surface area contributed by atoms with Gasteiger partial charge in [-0.3, -0.25) is 9.59 Å². The van der Waals surface area contributed by atoms with Crippen molar-refractivity contribution >= 4 is 23.4 Å². The molecule has 4 nitrogen and oxygen atoms in total. The monoisotopic (exact) mass is 366 g/mol. The molecule has 7 heteroatoms. The van der Waals surface area contributed by atoms with Gasteiger partial charge in [0.2, 0.25) is 5.91 Å². The van der Waals surface area contributed by atoms with Gasteiger partial charge in [-0.1, -0.05) is 23.7 Å². The highest BCUT2D eigenvalue weighted by Crippen LogP contribution is 2.19. The summed E-state index contributed by atoms with van der Waals surface area (Å²) in [4.78, 5) is 25.8. The average molecular weight is 367 g/mol. The zero-order valence-electron chi connectivity index (χ0n) is 13.6. The van der Waals surface area contributed by atoms with Crippen molar-refractivity contribution < 1.29 is 18.4 Å². The van der Waals surface area contributed by atoms with Gasteiger partial charge in [0.25, 0.3) is 5.91 Å². The Hall–Kier alpha value is -2.47. The summed E-state index contributed by atoms with van der Waals surface area (Å²) in [6.45, 7) is 2.07. The molecule has 2 amide bonds. The summed E-state index contributed by atoms with van der Waals surface area (Å²) in [7, 11) is 0. The summed E-state index contributed by atoms with van der Waals surface area (Å²) in [5, 5.41) is 2.66. The van der Waals surface area contributed by atoms with E-state index in [0.717, 1.165) is 17.7 Å². The third-order valence-corrected chi connectivity index (χ3v) is 3.88. The number of carbonyl (C=O) groups is 2. The SMILES string of the molecule is CCN(CC(=O)NCc1ccc(F)cc1)C(=O)c1ccc(F)cc1Cl. The second-order valence-electron chi connectivity index (χ2n) is 5.35. The molecule has 0 fully saturated rings. The second-order valence-corrected chi connectivity index (χ2v) is 5.75. The molecule has 0 aliphatic carbocycles. The Kier molecular flexibility index (Phi) is 6.47. The van der Waals surface area contributed by atoms with Gasteiger partial charge < -0.3 is 10.2 Å². The van der Waals surface area contributed by atoms with E-state index in [9.17, 15) is 18.4 Å². The summed E-state index contributed by atoms with van der Waals surface area (Å²) in [6, 6.07) is 9.23. The summed E-state index contributed by atoms with van der Waals surface area (Å²) in [5.74, 6) is -1.71. The highest BCUT2D eigenvalue weighted by Gasteiger charge is 2.19. The lowest BCUT2D eigenvalue weighted by molar-refractivity contribution is -0.121. The molecule has 0 radical (unpaired) electrons. The molecule has 0 spiro atoms. The van der Waals surface area contributed by atoms with E-state index < -0.39 is 11.7 Å². The number of carbonyl (C=O) groups excluding carboxylic acids is 2. The van der Waals surface area contributed by atoms with Crippen molar-refractivity contribution in [2.75, 3.05) is 13.1 Å². The first kappa shape index (κ1) is 18.9. The van der Waals surface area contributed by atoms with E-state index in [-0.39, 0.29) is 41.9 Å². The van der Waals surface area contributed by atoms with Crippen LogP contribution in [-0.4, -0.2) is 29.8 Å². The van der Waals surface area contributed by atoms with Crippen LogP contribution in [-0.2, 0) is 11.3 Å². The van der Waals surface area contributed by atoms with Crippen LogP contribution in [0, 0.1) is 11.6 Å².